The van der Waals surface area contributed by atoms with Gasteiger partial charge in [0.25, 0.3) is 17.7 Å². The fourth-order valence-corrected chi connectivity index (χ4v) is 3.43. The number of imide groups is 1. The van der Waals surface area contributed by atoms with Crippen molar-refractivity contribution in [3.63, 3.8) is 0 Å². The highest BCUT2D eigenvalue weighted by molar-refractivity contribution is 6.21. The Morgan fingerprint density at radius 3 is 2.19 bits per heavy atom. The number of hydrogen-bond acceptors (Lipinski definition) is 5. The maximum atomic E-state index is 14.2. The van der Waals surface area contributed by atoms with E-state index >= 15 is 0 Å². The Morgan fingerprint density at radius 1 is 1.09 bits per heavy atom. The van der Waals surface area contributed by atoms with Crippen LogP contribution >= 0.6 is 0 Å². The summed E-state index contributed by atoms with van der Waals surface area (Å²) in [7, 11) is 0. The summed E-state index contributed by atoms with van der Waals surface area (Å²) in [5, 5.41) is 2.65. The number of carbonyl (C=O) groups excluding carboxylic acids is 4. The third-order valence-corrected chi connectivity index (χ3v) is 4.78. The highest BCUT2D eigenvalue weighted by Gasteiger charge is 2.37. The molecule has 0 spiro atoms. The zero-order chi connectivity index (χ0) is 23.6. The van der Waals surface area contributed by atoms with Crippen molar-refractivity contribution in [1.29, 1.82) is 0 Å². The monoisotopic (exact) mass is 441 g/mol. The van der Waals surface area contributed by atoms with Crippen molar-refractivity contribution in [3.8, 4) is 0 Å². The lowest BCUT2D eigenvalue weighted by atomic mass is 10.0. The van der Waals surface area contributed by atoms with E-state index in [1.807, 2.05) is 0 Å². The summed E-state index contributed by atoms with van der Waals surface area (Å²) in [6.07, 6.45) is -0.670. The van der Waals surface area contributed by atoms with Gasteiger partial charge in [-0.3, -0.25) is 19.3 Å². The topological polar surface area (TPSA) is 119 Å². The number of amides is 4. The molecule has 3 N–H and O–H groups in total. The minimum Gasteiger partial charge on any atom is -0.444 e. The number of hydrogen-bond donors (Lipinski definition) is 2. The average Bonchev–Trinajstić information content (AvgIpc) is 2.91. The average molecular weight is 441 g/mol. The van der Waals surface area contributed by atoms with E-state index in [0.29, 0.717) is 5.56 Å². The molecule has 0 radical (unpaired) electrons. The molecule has 1 atom stereocenters. The molecule has 1 aliphatic heterocycles. The molecule has 8 nitrogen and oxygen atoms in total. The van der Waals surface area contributed by atoms with E-state index in [-0.39, 0.29) is 29.7 Å². The smallest absolute Gasteiger partial charge is 0.407 e. The molecule has 32 heavy (non-hydrogen) atoms. The van der Waals surface area contributed by atoms with Gasteiger partial charge >= 0.3 is 6.09 Å². The molecule has 0 fully saturated rings. The van der Waals surface area contributed by atoms with Crippen molar-refractivity contribution in [2.75, 3.05) is 6.54 Å². The first kappa shape index (κ1) is 22.9. The van der Waals surface area contributed by atoms with Crippen LogP contribution in [0.5, 0.6) is 0 Å². The van der Waals surface area contributed by atoms with E-state index in [2.05, 4.69) is 5.32 Å². The number of carbonyl (C=O) groups is 4. The van der Waals surface area contributed by atoms with Gasteiger partial charge in [-0.05, 0) is 57.0 Å². The molecule has 9 heteroatoms. The number of nitrogens with two attached hydrogens (primary N) is 1. The lowest BCUT2D eigenvalue weighted by Gasteiger charge is -2.26. The van der Waals surface area contributed by atoms with Gasteiger partial charge in [-0.2, -0.15) is 0 Å². The summed E-state index contributed by atoms with van der Waals surface area (Å²) in [6, 6.07) is 9.54. The molecule has 1 unspecified atom stereocenters. The van der Waals surface area contributed by atoms with Crippen LogP contribution in [0, 0.1) is 5.82 Å². The largest absolute Gasteiger partial charge is 0.444 e. The van der Waals surface area contributed by atoms with Gasteiger partial charge in [0.05, 0.1) is 29.3 Å². The lowest BCUT2D eigenvalue weighted by Crippen LogP contribution is -2.48. The SMILES string of the molecule is CC(C)(C)OC(=O)NC(Cc1ccc(C(N)=O)c(F)c1)CN1C(=O)c2ccccc2C1=O. The zero-order valence-corrected chi connectivity index (χ0v) is 18.0. The first-order chi connectivity index (χ1) is 15.0. The van der Waals surface area contributed by atoms with Crippen LogP contribution in [-0.2, 0) is 11.2 Å². The number of fused-ring (bicyclic) bond motifs is 1. The number of nitrogens with one attached hydrogen (secondary N) is 1. The predicted molar refractivity (Wildman–Crippen MR) is 114 cm³/mol. The molecular weight excluding hydrogens is 417 g/mol. The molecule has 2 aromatic carbocycles. The molecule has 0 bridgehead atoms. The normalized spacial score (nSPS) is 14.2. The van der Waals surface area contributed by atoms with Crippen molar-refractivity contribution < 1.29 is 28.3 Å². The highest BCUT2D eigenvalue weighted by atomic mass is 19.1. The Hall–Kier alpha value is -3.75. The van der Waals surface area contributed by atoms with Crippen molar-refractivity contribution in [1.82, 2.24) is 10.2 Å². The van der Waals surface area contributed by atoms with Crippen molar-refractivity contribution >= 4 is 23.8 Å². The predicted octanol–water partition coefficient (Wildman–Crippen LogP) is 2.66. The summed E-state index contributed by atoms with van der Waals surface area (Å²) in [6.45, 7) is 4.95. The summed E-state index contributed by atoms with van der Waals surface area (Å²) >= 11 is 0. The number of halogens is 1. The molecule has 2 aromatic rings. The Morgan fingerprint density at radius 2 is 1.69 bits per heavy atom. The third kappa shape index (κ3) is 5.11. The summed E-state index contributed by atoms with van der Waals surface area (Å²) in [5.41, 5.74) is 5.12. The van der Waals surface area contributed by atoms with Crippen LogP contribution in [0.1, 0.15) is 57.4 Å². The lowest BCUT2D eigenvalue weighted by molar-refractivity contribution is 0.0468. The van der Waals surface area contributed by atoms with Gasteiger partial charge < -0.3 is 15.8 Å². The summed E-state index contributed by atoms with van der Waals surface area (Å²) in [5.74, 6) is -2.65. The van der Waals surface area contributed by atoms with Gasteiger partial charge in [0, 0.05) is 0 Å². The molecule has 168 valence electrons. The quantitative estimate of drug-likeness (QED) is 0.668. The standard InChI is InChI=1S/C23H24FN3O5/c1-23(2,3)32-22(31)26-14(10-13-8-9-17(19(25)28)18(24)11-13)12-27-20(29)15-6-4-5-7-16(15)21(27)30/h4-9,11,14H,10,12H2,1-3H3,(H2,25,28)(H,26,31). The molecular formula is C23H24FN3O5. The second-order valence-corrected chi connectivity index (χ2v) is 8.49. The Kier molecular flexibility index (Phi) is 6.29. The van der Waals surface area contributed by atoms with Crippen molar-refractivity contribution in [2.45, 2.75) is 38.8 Å². The van der Waals surface area contributed by atoms with E-state index in [0.717, 1.165) is 11.0 Å². The maximum absolute atomic E-state index is 14.2. The molecule has 0 aromatic heterocycles. The second-order valence-electron chi connectivity index (χ2n) is 8.49. The molecule has 0 aliphatic carbocycles. The maximum Gasteiger partial charge on any atom is 0.407 e. The van der Waals surface area contributed by atoms with Gasteiger partial charge in [-0.15, -0.1) is 0 Å². The molecule has 1 heterocycles. The minimum atomic E-state index is -0.900. The van der Waals surface area contributed by atoms with Gasteiger partial charge in [-0.1, -0.05) is 18.2 Å². The fraction of sp³-hybridized carbons (Fsp3) is 0.304. The van der Waals surface area contributed by atoms with Crippen molar-refractivity contribution in [3.05, 3.63) is 70.5 Å². The summed E-state index contributed by atoms with van der Waals surface area (Å²) in [4.78, 5) is 50.1. The van der Waals surface area contributed by atoms with Gasteiger partial charge in [0.2, 0.25) is 0 Å². The van der Waals surface area contributed by atoms with Gasteiger partial charge in [-0.25, -0.2) is 9.18 Å². The third-order valence-electron chi connectivity index (χ3n) is 4.78. The van der Waals surface area contributed by atoms with Crippen LogP contribution in [0.3, 0.4) is 0 Å². The van der Waals surface area contributed by atoms with Gasteiger partial charge in [0.15, 0.2) is 0 Å². The Labute approximate surface area is 184 Å². The zero-order valence-electron chi connectivity index (χ0n) is 18.0. The molecule has 4 amide bonds. The van der Waals surface area contributed by atoms with E-state index in [4.69, 9.17) is 10.5 Å². The summed E-state index contributed by atoms with van der Waals surface area (Å²) < 4.78 is 19.5. The van der Waals surface area contributed by atoms with Crippen LogP contribution in [-0.4, -0.2) is 46.9 Å². The van der Waals surface area contributed by atoms with E-state index in [1.54, 1.807) is 45.0 Å². The minimum absolute atomic E-state index is 0.0720. The number of ether oxygens (including phenoxy) is 1. The number of nitrogens with zero attached hydrogens (tertiary/aromatic N) is 1. The van der Waals surface area contributed by atoms with Crippen LogP contribution in [0.15, 0.2) is 42.5 Å². The van der Waals surface area contributed by atoms with Crippen LogP contribution in [0.4, 0.5) is 9.18 Å². The molecule has 3 rings (SSSR count). The number of primary amides is 1. The Balaban J connectivity index is 1.84. The van der Waals surface area contributed by atoms with Crippen molar-refractivity contribution in [2.24, 2.45) is 5.73 Å². The number of benzene rings is 2. The number of rotatable bonds is 6. The van der Waals surface area contributed by atoms with E-state index in [1.165, 1.54) is 12.1 Å². The van der Waals surface area contributed by atoms with E-state index in [9.17, 15) is 23.6 Å². The fourth-order valence-electron chi connectivity index (χ4n) is 3.43. The number of alkyl carbamates (subject to hydrolysis) is 1. The molecule has 0 saturated heterocycles. The van der Waals surface area contributed by atoms with Crippen LogP contribution < -0.4 is 11.1 Å². The Bertz CT molecular complexity index is 1060. The molecule has 1 aliphatic rings. The first-order valence-electron chi connectivity index (χ1n) is 9.99. The van der Waals surface area contributed by atoms with E-state index < -0.39 is 41.3 Å². The van der Waals surface area contributed by atoms with Crippen LogP contribution in [0.25, 0.3) is 0 Å². The highest BCUT2D eigenvalue weighted by Crippen LogP contribution is 2.23. The first-order valence-corrected chi connectivity index (χ1v) is 9.99. The molecule has 0 saturated carbocycles. The second kappa shape index (κ2) is 8.78. The van der Waals surface area contributed by atoms with Gasteiger partial charge in [0.1, 0.15) is 11.4 Å². The van der Waals surface area contributed by atoms with Crippen LogP contribution in [0.2, 0.25) is 0 Å².